The lowest BCUT2D eigenvalue weighted by Crippen LogP contribution is -2.56. The number of hydrogen-bond donors (Lipinski definition) is 0. The number of anilines is 1. The van der Waals surface area contributed by atoms with Crippen molar-refractivity contribution in [3.05, 3.63) is 23.7 Å². The van der Waals surface area contributed by atoms with Crippen LogP contribution in [0.5, 0.6) is 5.75 Å². The molecule has 34 heavy (non-hydrogen) atoms. The zero-order valence-electron chi connectivity index (χ0n) is 19.5. The quantitative estimate of drug-likeness (QED) is 0.495. The van der Waals surface area contributed by atoms with Gasteiger partial charge in [0, 0.05) is 24.7 Å². The number of piperazine rings is 1. The summed E-state index contributed by atoms with van der Waals surface area (Å²) in [5, 5.41) is 2.82. The minimum absolute atomic E-state index is 0.0739. The summed E-state index contributed by atoms with van der Waals surface area (Å²) in [5.41, 5.74) is 1.74. The lowest BCUT2D eigenvalue weighted by molar-refractivity contribution is 0.0120. The van der Waals surface area contributed by atoms with Gasteiger partial charge in [0.25, 0.3) is 6.01 Å². The summed E-state index contributed by atoms with van der Waals surface area (Å²) in [5.74, 6) is 0.677. The smallest absolute Gasteiger partial charge is 0.410 e. The molecule has 9 nitrogen and oxygen atoms in total. The molecule has 3 aliphatic rings. The molecule has 3 aromatic rings. The molecule has 5 heterocycles. The fourth-order valence-electron chi connectivity index (χ4n) is 4.77. The molecule has 1 amide bonds. The topological polar surface area (TPSA) is 93.5 Å². The van der Waals surface area contributed by atoms with E-state index in [1.54, 1.807) is 17.5 Å². The minimum atomic E-state index is -0.512. The Morgan fingerprint density at radius 3 is 2.65 bits per heavy atom. The van der Waals surface area contributed by atoms with Crippen LogP contribution in [-0.4, -0.2) is 71.1 Å². The van der Waals surface area contributed by atoms with Gasteiger partial charge in [0.2, 0.25) is 0 Å². The number of fused-ring (bicyclic) bond motifs is 3. The Morgan fingerprint density at radius 1 is 1.24 bits per heavy atom. The second-order valence-corrected chi connectivity index (χ2v) is 11.0. The summed E-state index contributed by atoms with van der Waals surface area (Å²) < 4.78 is 23.3. The van der Waals surface area contributed by atoms with Gasteiger partial charge in [-0.05, 0) is 45.7 Å². The molecule has 0 saturated carbocycles. The number of hydrogen-bond acceptors (Lipinski definition) is 9. The Balaban J connectivity index is 1.30. The molecule has 3 fully saturated rings. The fourth-order valence-corrected chi connectivity index (χ4v) is 5.43. The first-order chi connectivity index (χ1) is 16.4. The van der Waals surface area contributed by atoms with Crippen molar-refractivity contribution < 1.29 is 23.4 Å². The third kappa shape index (κ3) is 4.09. The molecular formula is C24H28N4O5S. The minimum Gasteiger partial charge on any atom is -0.488 e. The Hall–Kier alpha value is -2.85. The van der Waals surface area contributed by atoms with Crippen molar-refractivity contribution in [2.24, 2.45) is 0 Å². The van der Waals surface area contributed by atoms with Gasteiger partial charge in [-0.3, -0.25) is 4.90 Å². The largest absolute Gasteiger partial charge is 0.488 e. The van der Waals surface area contributed by atoms with Crippen molar-refractivity contribution in [2.45, 2.75) is 57.4 Å². The van der Waals surface area contributed by atoms with Crippen molar-refractivity contribution in [3.8, 4) is 16.3 Å². The zero-order valence-corrected chi connectivity index (χ0v) is 20.3. The van der Waals surface area contributed by atoms with E-state index in [0.717, 1.165) is 30.0 Å². The summed E-state index contributed by atoms with van der Waals surface area (Å²) in [6.45, 7) is 8.23. The first-order valence-corrected chi connectivity index (χ1v) is 12.6. The maximum Gasteiger partial charge on any atom is 0.410 e. The van der Waals surface area contributed by atoms with E-state index in [-0.39, 0.29) is 24.3 Å². The van der Waals surface area contributed by atoms with Gasteiger partial charge in [-0.15, -0.1) is 11.3 Å². The number of thiazole rings is 1. The zero-order chi connectivity index (χ0) is 23.4. The standard InChI is InChI=1S/C24H28N4O5S/c1-24(2,3)33-23(29)28-14-4-5-15(28)11-27(10-14)22-26-19-18(31-13-16-12-30-16)7-6-17(20(19)32-22)21-25-8-9-34-21/h6-9,14-16H,4-5,10-13H2,1-3H3. The van der Waals surface area contributed by atoms with Gasteiger partial charge in [0.1, 0.15) is 29.1 Å². The molecule has 6 rings (SSSR count). The number of oxazole rings is 1. The molecule has 10 heteroatoms. The number of aromatic nitrogens is 2. The maximum absolute atomic E-state index is 12.8. The van der Waals surface area contributed by atoms with Crippen molar-refractivity contribution in [1.29, 1.82) is 0 Å². The van der Waals surface area contributed by atoms with E-state index in [9.17, 15) is 4.79 Å². The van der Waals surface area contributed by atoms with Crippen LogP contribution in [0.2, 0.25) is 0 Å². The van der Waals surface area contributed by atoms with Crippen LogP contribution in [-0.2, 0) is 9.47 Å². The predicted molar refractivity (Wildman–Crippen MR) is 127 cm³/mol. The van der Waals surface area contributed by atoms with Crippen LogP contribution < -0.4 is 9.64 Å². The number of amides is 1. The highest BCUT2D eigenvalue weighted by molar-refractivity contribution is 7.13. The highest BCUT2D eigenvalue weighted by atomic mass is 32.1. The van der Waals surface area contributed by atoms with Crippen molar-refractivity contribution >= 4 is 34.5 Å². The third-order valence-corrected chi connectivity index (χ3v) is 7.15. The number of ether oxygens (including phenoxy) is 3. The molecule has 3 unspecified atom stereocenters. The van der Waals surface area contributed by atoms with E-state index >= 15 is 0 Å². The van der Waals surface area contributed by atoms with Crippen LogP contribution in [0.4, 0.5) is 10.8 Å². The molecule has 2 aromatic heterocycles. The Labute approximate surface area is 201 Å². The summed E-state index contributed by atoms with van der Waals surface area (Å²) in [4.78, 5) is 26.2. The second kappa shape index (κ2) is 8.13. The molecule has 3 atom stereocenters. The van der Waals surface area contributed by atoms with Gasteiger partial charge in [-0.1, -0.05) is 0 Å². The van der Waals surface area contributed by atoms with Crippen LogP contribution in [0.25, 0.3) is 21.7 Å². The van der Waals surface area contributed by atoms with Crippen LogP contribution in [0, 0.1) is 0 Å². The van der Waals surface area contributed by atoms with Crippen molar-refractivity contribution in [3.63, 3.8) is 0 Å². The average molecular weight is 485 g/mol. The number of nitrogens with zero attached hydrogens (tertiary/aromatic N) is 4. The van der Waals surface area contributed by atoms with E-state index in [4.69, 9.17) is 23.6 Å². The second-order valence-electron chi connectivity index (χ2n) is 10.1. The van der Waals surface area contributed by atoms with Crippen molar-refractivity contribution in [1.82, 2.24) is 14.9 Å². The Bertz CT molecular complexity index is 1190. The molecule has 3 aliphatic heterocycles. The Morgan fingerprint density at radius 2 is 2.00 bits per heavy atom. The van der Waals surface area contributed by atoms with E-state index in [1.165, 1.54) is 0 Å². The first kappa shape index (κ1) is 21.7. The number of carbonyl (C=O) groups excluding carboxylic acids is 1. The predicted octanol–water partition coefficient (Wildman–Crippen LogP) is 4.32. The highest BCUT2D eigenvalue weighted by Crippen LogP contribution is 2.40. The molecule has 2 bridgehead atoms. The third-order valence-electron chi connectivity index (χ3n) is 6.34. The number of rotatable bonds is 5. The molecular weight excluding hydrogens is 456 g/mol. The van der Waals surface area contributed by atoms with Gasteiger partial charge >= 0.3 is 6.09 Å². The first-order valence-electron chi connectivity index (χ1n) is 11.7. The molecule has 0 N–H and O–H groups in total. The summed E-state index contributed by atoms with van der Waals surface area (Å²) in [6, 6.07) is 4.60. The highest BCUT2D eigenvalue weighted by Gasteiger charge is 2.45. The van der Waals surface area contributed by atoms with Crippen LogP contribution in [0.1, 0.15) is 33.6 Å². The number of benzene rings is 1. The van der Waals surface area contributed by atoms with Gasteiger partial charge in [-0.25, -0.2) is 9.78 Å². The van der Waals surface area contributed by atoms with Crippen molar-refractivity contribution in [2.75, 3.05) is 31.2 Å². The van der Waals surface area contributed by atoms with E-state index in [0.29, 0.717) is 42.6 Å². The molecule has 1 aromatic carbocycles. The van der Waals surface area contributed by atoms with Gasteiger partial charge in [0.05, 0.1) is 24.3 Å². The van der Waals surface area contributed by atoms with Gasteiger partial charge in [0.15, 0.2) is 11.1 Å². The molecule has 0 radical (unpaired) electrons. The monoisotopic (exact) mass is 484 g/mol. The lowest BCUT2D eigenvalue weighted by atomic mass is 10.2. The Kier molecular flexibility index (Phi) is 5.18. The molecule has 0 spiro atoms. The number of epoxide rings is 1. The lowest BCUT2D eigenvalue weighted by Gasteiger charge is -2.40. The van der Waals surface area contributed by atoms with E-state index < -0.39 is 5.60 Å². The summed E-state index contributed by atoms with van der Waals surface area (Å²) in [7, 11) is 0. The van der Waals surface area contributed by atoms with Gasteiger partial charge in [-0.2, -0.15) is 4.98 Å². The van der Waals surface area contributed by atoms with E-state index in [1.807, 2.05) is 43.2 Å². The average Bonchev–Trinajstić information content (AvgIpc) is 3.17. The number of carbonyl (C=O) groups is 1. The SMILES string of the molecule is CC(C)(C)OC(=O)N1C2CCC1CN(c1nc3c(OCC4CO4)ccc(-c4nccs4)c3o1)C2. The van der Waals surface area contributed by atoms with E-state index in [2.05, 4.69) is 9.88 Å². The van der Waals surface area contributed by atoms with Gasteiger partial charge < -0.3 is 23.5 Å². The molecule has 0 aliphatic carbocycles. The van der Waals surface area contributed by atoms with Crippen LogP contribution in [0.3, 0.4) is 0 Å². The molecule has 3 saturated heterocycles. The molecule has 180 valence electrons. The summed E-state index contributed by atoms with van der Waals surface area (Å²) >= 11 is 1.56. The van der Waals surface area contributed by atoms with Crippen LogP contribution >= 0.6 is 11.3 Å². The normalized spacial score (nSPS) is 24.0. The van der Waals surface area contributed by atoms with Crippen LogP contribution in [0.15, 0.2) is 28.1 Å². The fraction of sp³-hybridized carbons (Fsp3) is 0.542. The maximum atomic E-state index is 12.8. The summed E-state index contributed by atoms with van der Waals surface area (Å²) in [6.07, 6.45) is 3.59.